The van der Waals surface area contributed by atoms with Gasteiger partial charge >= 0.3 is 0 Å². The number of anilines is 1. The summed E-state index contributed by atoms with van der Waals surface area (Å²) >= 11 is 3.13. The second-order valence-corrected chi connectivity index (χ2v) is 8.08. The summed E-state index contributed by atoms with van der Waals surface area (Å²) in [4.78, 5) is 21.8. The zero-order valence-electron chi connectivity index (χ0n) is 15.0. The number of halogens is 1. The number of thioether (sulfide) groups is 1. The average Bonchev–Trinajstić information content (AvgIpc) is 3.05. The van der Waals surface area contributed by atoms with E-state index in [-0.39, 0.29) is 5.91 Å². The number of para-hydroxylation sites is 1. The number of nitrogens with one attached hydrogen (secondary N) is 1. The summed E-state index contributed by atoms with van der Waals surface area (Å²) in [6.07, 6.45) is 2.01. The molecule has 3 aromatic rings. The van der Waals surface area contributed by atoms with Crippen molar-refractivity contribution in [1.29, 1.82) is 0 Å². The van der Waals surface area contributed by atoms with Crippen molar-refractivity contribution in [3.05, 3.63) is 53.8 Å². The van der Waals surface area contributed by atoms with Crippen molar-refractivity contribution in [2.24, 2.45) is 0 Å². The highest BCUT2D eigenvalue weighted by molar-refractivity contribution is 7.98. The molecule has 136 valence electrons. The first-order valence-electron chi connectivity index (χ1n) is 8.29. The van der Waals surface area contributed by atoms with Gasteiger partial charge in [-0.3, -0.25) is 9.69 Å². The van der Waals surface area contributed by atoms with Crippen molar-refractivity contribution in [3.63, 3.8) is 0 Å². The molecule has 0 aliphatic rings. The van der Waals surface area contributed by atoms with Gasteiger partial charge in [-0.25, -0.2) is 9.37 Å². The van der Waals surface area contributed by atoms with Crippen LogP contribution in [0, 0.1) is 5.82 Å². The number of hydrogen-bond donors (Lipinski definition) is 1. The Morgan fingerprint density at radius 2 is 2.04 bits per heavy atom. The van der Waals surface area contributed by atoms with Crippen LogP contribution in [0.5, 0.6) is 0 Å². The van der Waals surface area contributed by atoms with Gasteiger partial charge in [0.1, 0.15) is 5.82 Å². The molecule has 1 N–H and O–H groups in total. The van der Waals surface area contributed by atoms with E-state index in [2.05, 4.69) is 0 Å². The third-order valence-electron chi connectivity index (χ3n) is 3.97. The normalized spacial score (nSPS) is 11.3. The van der Waals surface area contributed by atoms with Crippen LogP contribution in [-0.2, 0) is 0 Å². The van der Waals surface area contributed by atoms with Crippen molar-refractivity contribution in [3.8, 4) is 0 Å². The van der Waals surface area contributed by atoms with E-state index in [1.165, 1.54) is 28.4 Å². The molecule has 2 aromatic carbocycles. The van der Waals surface area contributed by atoms with Crippen molar-refractivity contribution >= 4 is 44.4 Å². The van der Waals surface area contributed by atoms with Crippen LogP contribution in [0.15, 0.2) is 47.4 Å². The lowest BCUT2D eigenvalue weighted by molar-refractivity contribution is -0.856. The molecule has 1 amide bonds. The summed E-state index contributed by atoms with van der Waals surface area (Å²) in [5, 5.41) is 0.650. The Balaban J connectivity index is 2.02. The molecule has 0 spiro atoms. The third-order valence-corrected chi connectivity index (χ3v) is 5.79. The molecular weight excluding hydrogens is 369 g/mol. The number of carbonyl (C=O) groups excluding carboxylic acids is 1. The molecule has 0 bridgehead atoms. The predicted molar refractivity (Wildman–Crippen MR) is 107 cm³/mol. The average molecular weight is 391 g/mol. The third kappa shape index (κ3) is 4.06. The maximum atomic E-state index is 13.6. The monoisotopic (exact) mass is 390 g/mol. The molecule has 1 aromatic heterocycles. The number of benzene rings is 2. The molecule has 0 radical (unpaired) electrons. The highest BCUT2D eigenvalue weighted by Gasteiger charge is 2.23. The second-order valence-electron chi connectivity index (χ2n) is 6.23. The SMILES string of the molecule is CSc1cccc2sc(N(CC[NH+](C)C)C(=O)c3cccc(F)c3)nc12. The molecule has 3 rings (SSSR count). The number of fused-ring (bicyclic) bond motifs is 1. The minimum absolute atomic E-state index is 0.226. The molecular formula is C19H21FN3OS2+. The Hall–Kier alpha value is -1.96. The lowest BCUT2D eigenvalue weighted by Gasteiger charge is -2.20. The van der Waals surface area contributed by atoms with Gasteiger partial charge in [0.05, 0.1) is 37.4 Å². The van der Waals surface area contributed by atoms with E-state index in [0.717, 1.165) is 21.7 Å². The summed E-state index contributed by atoms with van der Waals surface area (Å²) in [5.74, 6) is -0.640. The lowest BCUT2D eigenvalue weighted by atomic mass is 10.2. The van der Waals surface area contributed by atoms with Gasteiger partial charge in [0.25, 0.3) is 5.91 Å². The van der Waals surface area contributed by atoms with Gasteiger partial charge in [0, 0.05) is 10.5 Å². The van der Waals surface area contributed by atoms with Crippen LogP contribution in [0.1, 0.15) is 10.4 Å². The fourth-order valence-corrected chi connectivity index (χ4v) is 4.23. The van der Waals surface area contributed by atoms with Crippen molar-refractivity contribution < 1.29 is 14.1 Å². The summed E-state index contributed by atoms with van der Waals surface area (Å²) in [7, 11) is 4.07. The highest BCUT2D eigenvalue weighted by Crippen LogP contribution is 2.34. The fraction of sp³-hybridized carbons (Fsp3) is 0.263. The first-order chi connectivity index (χ1) is 12.5. The lowest BCUT2D eigenvalue weighted by Crippen LogP contribution is -3.06. The summed E-state index contributed by atoms with van der Waals surface area (Å²) < 4.78 is 14.6. The predicted octanol–water partition coefficient (Wildman–Crippen LogP) is 2.95. The van der Waals surface area contributed by atoms with Gasteiger partial charge < -0.3 is 4.90 Å². The molecule has 7 heteroatoms. The van der Waals surface area contributed by atoms with Gasteiger partial charge in [0.15, 0.2) is 5.13 Å². The first-order valence-corrected chi connectivity index (χ1v) is 10.3. The standard InChI is InChI=1S/C19H20FN3OS2/c1-22(2)10-11-23(18(24)13-6-4-7-14(20)12-13)19-21-17-15(25-3)8-5-9-16(17)26-19/h4-9,12H,10-11H2,1-3H3/p+1. The quantitative estimate of drug-likeness (QED) is 0.658. The van der Waals surface area contributed by atoms with E-state index >= 15 is 0 Å². The molecule has 0 aliphatic carbocycles. The van der Waals surface area contributed by atoms with Gasteiger partial charge in [-0.05, 0) is 36.6 Å². The Morgan fingerprint density at radius 1 is 1.27 bits per heavy atom. The van der Waals surface area contributed by atoms with Crippen molar-refractivity contribution in [2.45, 2.75) is 4.90 Å². The topological polar surface area (TPSA) is 37.6 Å². The van der Waals surface area contributed by atoms with Crippen LogP contribution in [0.3, 0.4) is 0 Å². The molecule has 1 heterocycles. The number of nitrogens with zero attached hydrogens (tertiary/aromatic N) is 2. The largest absolute Gasteiger partial charge is 0.338 e. The molecule has 0 saturated carbocycles. The Kier molecular flexibility index (Phi) is 5.90. The minimum atomic E-state index is -0.414. The summed E-state index contributed by atoms with van der Waals surface area (Å²) in [6.45, 7) is 1.29. The van der Waals surface area contributed by atoms with E-state index in [0.29, 0.717) is 17.2 Å². The molecule has 0 saturated heterocycles. The van der Waals surface area contributed by atoms with Crippen molar-refractivity contribution in [1.82, 2.24) is 4.98 Å². The van der Waals surface area contributed by atoms with E-state index < -0.39 is 5.82 Å². The number of amides is 1. The zero-order valence-corrected chi connectivity index (χ0v) is 16.6. The van der Waals surface area contributed by atoms with Crippen LogP contribution in [0.25, 0.3) is 10.2 Å². The van der Waals surface area contributed by atoms with Crippen LogP contribution in [-0.4, -0.2) is 44.3 Å². The van der Waals surface area contributed by atoms with Crippen LogP contribution in [0.4, 0.5) is 9.52 Å². The number of carbonyl (C=O) groups is 1. The summed E-state index contributed by atoms with van der Waals surface area (Å²) in [6, 6.07) is 11.9. The number of likely N-dealkylation sites (N-methyl/N-ethyl adjacent to an activating group) is 1. The van der Waals surface area contributed by atoms with E-state index in [1.54, 1.807) is 28.8 Å². The number of thiazole rings is 1. The molecule has 26 heavy (non-hydrogen) atoms. The number of rotatable bonds is 6. The zero-order chi connectivity index (χ0) is 18.7. The van der Waals surface area contributed by atoms with E-state index in [9.17, 15) is 9.18 Å². The van der Waals surface area contributed by atoms with Gasteiger partial charge in [0.2, 0.25) is 0 Å². The maximum Gasteiger partial charge on any atom is 0.260 e. The first kappa shape index (κ1) is 18.8. The Labute approximate surface area is 160 Å². The van der Waals surface area contributed by atoms with Crippen LogP contribution in [0.2, 0.25) is 0 Å². The fourth-order valence-electron chi connectivity index (χ4n) is 2.59. The Morgan fingerprint density at radius 3 is 2.73 bits per heavy atom. The smallest absolute Gasteiger partial charge is 0.260 e. The van der Waals surface area contributed by atoms with E-state index in [4.69, 9.17) is 4.98 Å². The van der Waals surface area contributed by atoms with Gasteiger partial charge in [-0.15, -0.1) is 11.8 Å². The van der Waals surface area contributed by atoms with Crippen LogP contribution < -0.4 is 9.80 Å². The number of aromatic nitrogens is 1. The Bertz CT molecular complexity index is 926. The minimum Gasteiger partial charge on any atom is -0.338 e. The molecule has 0 unspecified atom stereocenters. The molecule has 4 nitrogen and oxygen atoms in total. The van der Waals surface area contributed by atoms with E-state index in [1.807, 2.05) is 38.6 Å². The van der Waals surface area contributed by atoms with Gasteiger partial charge in [-0.1, -0.05) is 23.5 Å². The van der Waals surface area contributed by atoms with Crippen molar-refractivity contribution in [2.75, 3.05) is 38.3 Å². The number of quaternary nitrogens is 1. The van der Waals surface area contributed by atoms with Crippen LogP contribution >= 0.6 is 23.1 Å². The molecule has 0 aliphatic heterocycles. The molecule has 0 fully saturated rings. The maximum absolute atomic E-state index is 13.6. The molecule has 0 atom stereocenters. The summed E-state index contributed by atoms with van der Waals surface area (Å²) in [5.41, 5.74) is 1.25. The van der Waals surface area contributed by atoms with Gasteiger partial charge in [-0.2, -0.15) is 0 Å². The highest BCUT2D eigenvalue weighted by atomic mass is 32.2. The number of hydrogen-bond acceptors (Lipinski definition) is 4. The second kappa shape index (κ2) is 8.16.